The monoisotopic (exact) mass is 318 g/mol. The molecule has 0 saturated carbocycles. The summed E-state index contributed by atoms with van der Waals surface area (Å²) in [6, 6.07) is 3.92. The van der Waals surface area contributed by atoms with Gasteiger partial charge in [-0.1, -0.05) is 28.1 Å². The van der Waals surface area contributed by atoms with Crippen molar-refractivity contribution in [2.45, 2.75) is 0 Å². The van der Waals surface area contributed by atoms with Crippen molar-refractivity contribution in [3.05, 3.63) is 32.0 Å². The minimum Gasteiger partial charge on any atom is -0.345 e. The number of nitrogens with one attached hydrogen (secondary N) is 1. The fourth-order valence-corrected chi connectivity index (χ4v) is 2.67. The zero-order valence-corrected chi connectivity index (χ0v) is 10.3. The van der Waals surface area contributed by atoms with E-state index in [9.17, 15) is 0 Å². The Labute approximate surface area is 96.6 Å². The maximum atomic E-state index is 5.10. The summed E-state index contributed by atoms with van der Waals surface area (Å²) >= 11 is 11.9. The molecular weight excluding hydrogens is 316 g/mol. The molecule has 66 valence electrons. The Morgan fingerprint density at radius 3 is 2.85 bits per heavy atom. The number of fused-ring (bicyclic) bond motifs is 1. The van der Waals surface area contributed by atoms with Gasteiger partial charge in [-0.05, 0) is 28.1 Å². The van der Waals surface area contributed by atoms with Gasteiger partial charge in [-0.3, -0.25) is 0 Å². The van der Waals surface area contributed by atoms with Crippen LogP contribution >= 0.6 is 44.1 Å². The van der Waals surface area contributed by atoms with E-state index in [1.165, 1.54) is 0 Å². The summed E-state index contributed by atoms with van der Waals surface area (Å²) in [7, 11) is 0. The third-order valence-corrected chi connectivity index (χ3v) is 3.08. The lowest BCUT2D eigenvalue weighted by atomic mass is 10.2. The van der Waals surface area contributed by atoms with E-state index < -0.39 is 0 Å². The molecule has 0 amide bonds. The molecule has 0 bridgehead atoms. The van der Waals surface area contributed by atoms with Crippen LogP contribution in [0.2, 0.25) is 0 Å². The van der Waals surface area contributed by atoms with Gasteiger partial charge in [0.15, 0.2) is 0 Å². The van der Waals surface area contributed by atoms with E-state index >= 15 is 0 Å². The van der Waals surface area contributed by atoms with Gasteiger partial charge in [-0.25, -0.2) is 4.98 Å². The molecule has 0 fully saturated rings. The Balaban J connectivity index is 3.03. The highest BCUT2D eigenvalue weighted by Crippen LogP contribution is 2.26. The maximum absolute atomic E-state index is 5.10. The van der Waals surface area contributed by atoms with Crippen LogP contribution in [-0.2, 0) is 0 Å². The second kappa shape index (κ2) is 3.48. The molecule has 1 aromatic carbocycles. The van der Waals surface area contributed by atoms with Gasteiger partial charge < -0.3 is 4.98 Å². The Hall–Kier alpha value is -0.260. The van der Waals surface area contributed by atoms with E-state index in [0.717, 1.165) is 19.8 Å². The number of rotatable bonds is 0. The van der Waals surface area contributed by atoms with Crippen LogP contribution in [0.4, 0.5) is 0 Å². The van der Waals surface area contributed by atoms with E-state index in [-0.39, 0.29) is 0 Å². The largest absolute Gasteiger partial charge is 0.345 e. The van der Waals surface area contributed by atoms with Crippen molar-refractivity contribution in [3.8, 4) is 0 Å². The third-order valence-electron chi connectivity index (χ3n) is 1.68. The fraction of sp³-hybridized carbons (Fsp3) is 0. The molecule has 2 rings (SSSR count). The highest BCUT2D eigenvalue weighted by atomic mass is 79.9. The molecule has 5 heteroatoms. The van der Waals surface area contributed by atoms with Crippen LogP contribution in [0.1, 0.15) is 0 Å². The minimum absolute atomic E-state index is 0.607. The maximum Gasteiger partial charge on any atom is 0.137 e. The van der Waals surface area contributed by atoms with E-state index in [4.69, 9.17) is 12.2 Å². The predicted octanol–water partition coefficient (Wildman–Crippen LogP) is 3.82. The van der Waals surface area contributed by atoms with Crippen molar-refractivity contribution in [2.75, 3.05) is 0 Å². The van der Waals surface area contributed by atoms with E-state index in [1.807, 2.05) is 12.1 Å². The van der Waals surface area contributed by atoms with Crippen LogP contribution in [0.3, 0.4) is 0 Å². The van der Waals surface area contributed by atoms with E-state index in [1.54, 1.807) is 6.33 Å². The SMILES string of the molecule is S=c1nc[nH]c2c(Br)cc(Br)cc12. The molecule has 2 aromatic rings. The first-order chi connectivity index (χ1) is 6.18. The number of benzene rings is 1. The van der Waals surface area contributed by atoms with Crippen LogP contribution in [0, 0.1) is 4.64 Å². The molecule has 1 N–H and O–H groups in total. The topological polar surface area (TPSA) is 28.7 Å². The molecule has 0 radical (unpaired) electrons. The molecular formula is C8H4Br2N2S. The van der Waals surface area contributed by atoms with E-state index in [2.05, 4.69) is 41.8 Å². The second-order valence-electron chi connectivity index (χ2n) is 2.52. The first-order valence-electron chi connectivity index (χ1n) is 3.51. The highest BCUT2D eigenvalue weighted by Gasteiger charge is 2.01. The second-order valence-corrected chi connectivity index (χ2v) is 4.67. The molecule has 2 nitrogen and oxygen atoms in total. The standard InChI is InChI=1S/C8H4Br2N2S/c9-4-1-5-7(6(10)2-4)11-3-12-8(5)13/h1-3H,(H,11,12,13). The van der Waals surface area contributed by atoms with Crippen molar-refractivity contribution in [1.29, 1.82) is 0 Å². The predicted molar refractivity (Wildman–Crippen MR) is 62.3 cm³/mol. The van der Waals surface area contributed by atoms with Crippen molar-refractivity contribution in [3.63, 3.8) is 0 Å². The molecule has 0 atom stereocenters. The molecule has 13 heavy (non-hydrogen) atoms. The number of aromatic nitrogens is 2. The van der Waals surface area contributed by atoms with Crippen LogP contribution in [0.15, 0.2) is 27.4 Å². The molecule has 0 aliphatic rings. The van der Waals surface area contributed by atoms with Crippen LogP contribution in [-0.4, -0.2) is 9.97 Å². The average Bonchev–Trinajstić information content (AvgIpc) is 2.07. The highest BCUT2D eigenvalue weighted by molar-refractivity contribution is 9.11. The number of aromatic amines is 1. The molecule has 0 saturated heterocycles. The number of nitrogens with zero attached hydrogens (tertiary/aromatic N) is 1. The van der Waals surface area contributed by atoms with Crippen LogP contribution < -0.4 is 0 Å². The van der Waals surface area contributed by atoms with Gasteiger partial charge in [0.05, 0.1) is 11.8 Å². The van der Waals surface area contributed by atoms with Crippen LogP contribution in [0.5, 0.6) is 0 Å². The summed E-state index contributed by atoms with van der Waals surface area (Å²) in [5.74, 6) is 0. The average molecular weight is 320 g/mol. The van der Waals surface area contributed by atoms with Crippen LogP contribution in [0.25, 0.3) is 10.9 Å². The number of hydrogen-bond donors (Lipinski definition) is 1. The zero-order chi connectivity index (χ0) is 9.42. The molecule has 1 aromatic heterocycles. The van der Waals surface area contributed by atoms with Gasteiger partial charge in [-0.2, -0.15) is 0 Å². The van der Waals surface area contributed by atoms with Gasteiger partial charge in [0.1, 0.15) is 4.64 Å². The molecule has 0 unspecified atom stereocenters. The van der Waals surface area contributed by atoms with Crippen molar-refractivity contribution in [1.82, 2.24) is 9.97 Å². The Morgan fingerprint density at radius 2 is 2.08 bits per heavy atom. The fourth-order valence-electron chi connectivity index (χ4n) is 1.11. The summed E-state index contributed by atoms with van der Waals surface area (Å²) in [6.45, 7) is 0. The molecule has 1 heterocycles. The van der Waals surface area contributed by atoms with Gasteiger partial charge in [-0.15, -0.1) is 0 Å². The summed E-state index contributed by atoms with van der Waals surface area (Å²) in [5, 5.41) is 0.943. The lowest BCUT2D eigenvalue weighted by Gasteiger charge is -2.00. The Kier molecular flexibility index (Phi) is 2.49. The number of H-pyrrole nitrogens is 1. The van der Waals surface area contributed by atoms with Crippen molar-refractivity contribution in [2.24, 2.45) is 0 Å². The summed E-state index contributed by atoms with van der Waals surface area (Å²) in [6.07, 6.45) is 1.60. The number of hydrogen-bond acceptors (Lipinski definition) is 2. The summed E-state index contributed by atoms with van der Waals surface area (Å²) in [4.78, 5) is 7.05. The minimum atomic E-state index is 0.607. The normalized spacial score (nSPS) is 10.6. The van der Waals surface area contributed by atoms with Gasteiger partial charge in [0.25, 0.3) is 0 Å². The zero-order valence-electron chi connectivity index (χ0n) is 6.34. The Bertz CT molecular complexity index is 521. The smallest absolute Gasteiger partial charge is 0.137 e. The van der Waals surface area contributed by atoms with Crippen molar-refractivity contribution >= 4 is 55.0 Å². The first kappa shape index (κ1) is 9.30. The van der Waals surface area contributed by atoms with Gasteiger partial charge in [0.2, 0.25) is 0 Å². The summed E-state index contributed by atoms with van der Waals surface area (Å²) < 4.78 is 2.57. The quantitative estimate of drug-likeness (QED) is 0.748. The molecule has 0 spiro atoms. The first-order valence-corrected chi connectivity index (χ1v) is 5.50. The molecule has 0 aliphatic carbocycles. The third kappa shape index (κ3) is 1.68. The number of halogens is 2. The lowest BCUT2D eigenvalue weighted by molar-refractivity contribution is 1.20. The van der Waals surface area contributed by atoms with E-state index in [0.29, 0.717) is 4.64 Å². The summed E-state index contributed by atoms with van der Waals surface area (Å²) in [5.41, 5.74) is 0.975. The van der Waals surface area contributed by atoms with Crippen molar-refractivity contribution < 1.29 is 0 Å². The van der Waals surface area contributed by atoms with Gasteiger partial charge in [0, 0.05) is 14.3 Å². The molecule has 0 aliphatic heterocycles. The Morgan fingerprint density at radius 1 is 1.31 bits per heavy atom. The lowest BCUT2D eigenvalue weighted by Crippen LogP contribution is -1.84. The van der Waals surface area contributed by atoms with Gasteiger partial charge >= 0.3 is 0 Å².